The highest BCUT2D eigenvalue weighted by atomic mass is 16.3. The third-order valence-corrected chi connectivity index (χ3v) is 1.03. The van der Waals surface area contributed by atoms with Gasteiger partial charge in [-0.2, -0.15) is 0 Å². The first kappa shape index (κ1) is 10.4. The Morgan fingerprint density at radius 2 is 2.09 bits per heavy atom. The summed E-state index contributed by atoms with van der Waals surface area (Å²) in [7, 11) is 0. The predicted molar refractivity (Wildman–Crippen MR) is 43.0 cm³/mol. The van der Waals surface area contributed by atoms with Crippen molar-refractivity contribution in [3.05, 3.63) is 0 Å². The predicted octanol–water partition coefficient (Wildman–Crippen LogP) is -0.779. The molecule has 0 heterocycles. The molecule has 1 amide bonds. The Morgan fingerprint density at radius 3 is 2.36 bits per heavy atom. The molecule has 4 N–H and O–H groups in total. The second kappa shape index (κ2) is 3.69. The summed E-state index contributed by atoms with van der Waals surface area (Å²) in [4.78, 5) is 11.0. The fourth-order valence-electron chi connectivity index (χ4n) is 0.545. The van der Waals surface area contributed by atoms with E-state index in [1.54, 1.807) is 0 Å². The van der Waals surface area contributed by atoms with Crippen LogP contribution in [0.2, 0.25) is 0 Å². The molecule has 0 radical (unpaired) electrons. The summed E-state index contributed by atoms with van der Waals surface area (Å²) in [5, 5.41) is 11.2. The van der Waals surface area contributed by atoms with Crippen LogP contribution in [0, 0.1) is 0 Å². The molecule has 1 atom stereocenters. The molecule has 0 saturated carbocycles. The van der Waals surface area contributed by atoms with Gasteiger partial charge in [-0.25, -0.2) is 0 Å². The summed E-state index contributed by atoms with van der Waals surface area (Å²) in [6.07, 6.45) is 0. The van der Waals surface area contributed by atoms with Gasteiger partial charge in [0.05, 0.1) is 6.61 Å². The quantitative estimate of drug-likeness (QED) is 0.496. The summed E-state index contributed by atoms with van der Waals surface area (Å²) in [5.74, 6) is -0.319. The average Bonchev–Trinajstić information content (AvgIpc) is 1.82. The van der Waals surface area contributed by atoms with Crippen LogP contribution in [0.25, 0.3) is 0 Å². The van der Waals surface area contributed by atoms with Crippen LogP contribution in [0.15, 0.2) is 0 Å². The van der Waals surface area contributed by atoms with Crippen molar-refractivity contribution in [1.29, 1.82) is 0 Å². The van der Waals surface area contributed by atoms with E-state index in [-0.39, 0.29) is 18.1 Å². The number of carbonyl (C=O) groups excluding carboxylic acids is 1. The van der Waals surface area contributed by atoms with Gasteiger partial charge < -0.3 is 16.2 Å². The number of nitrogens with two attached hydrogens (primary N) is 1. The van der Waals surface area contributed by atoms with E-state index in [9.17, 15) is 4.79 Å². The third kappa shape index (κ3) is 4.75. The molecular formula is C7H16N2O2. The molecule has 0 unspecified atom stereocenters. The maximum atomic E-state index is 11.0. The second-order valence-corrected chi connectivity index (χ2v) is 3.53. The largest absolute Gasteiger partial charge is 0.394 e. The van der Waals surface area contributed by atoms with Crippen LogP contribution < -0.4 is 11.1 Å². The van der Waals surface area contributed by atoms with E-state index in [4.69, 9.17) is 10.8 Å². The van der Waals surface area contributed by atoms with Gasteiger partial charge in [0.25, 0.3) is 0 Å². The molecular weight excluding hydrogens is 144 g/mol. The number of carbonyl (C=O) groups is 1. The van der Waals surface area contributed by atoms with Gasteiger partial charge in [-0.15, -0.1) is 0 Å². The minimum Gasteiger partial charge on any atom is -0.394 e. The molecule has 0 aromatic rings. The van der Waals surface area contributed by atoms with Crippen LogP contribution in [0.3, 0.4) is 0 Å². The van der Waals surface area contributed by atoms with Gasteiger partial charge in [-0.05, 0) is 20.8 Å². The fourth-order valence-corrected chi connectivity index (χ4v) is 0.545. The van der Waals surface area contributed by atoms with Crippen molar-refractivity contribution >= 4 is 5.91 Å². The molecule has 4 heteroatoms. The summed E-state index contributed by atoms with van der Waals surface area (Å²) < 4.78 is 0. The third-order valence-electron chi connectivity index (χ3n) is 1.03. The topological polar surface area (TPSA) is 75.4 Å². The van der Waals surface area contributed by atoms with Crippen molar-refractivity contribution in [1.82, 2.24) is 5.32 Å². The van der Waals surface area contributed by atoms with Crippen LogP contribution in [-0.2, 0) is 4.79 Å². The molecule has 0 rings (SSSR count). The molecule has 4 nitrogen and oxygen atoms in total. The lowest BCUT2D eigenvalue weighted by molar-refractivity contribution is -0.124. The van der Waals surface area contributed by atoms with E-state index in [1.807, 2.05) is 20.8 Å². The van der Waals surface area contributed by atoms with Crippen LogP contribution in [-0.4, -0.2) is 29.2 Å². The molecule has 0 spiro atoms. The molecule has 0 aliphatic carbocycles. The number of hydrogen-bond donors (Lipinski definition) is 3. The highest BCUT2D eigenvalue weighted by Crippen LogP contribution is 1.98. The molecule has 0 bridgehead atoms. The van der Waals surface area contributed by atoms with Crippen LogP contribution in [0.5, 0.6) is 0 Å². The molecule has 66 valence electrons. The second-order valence-electron chi connectivity index (χ2n) is 3.53. The van der Waals surface area contributed by atoms with Gasteiger partial charge in [-0.1, -0.05) is 0 Å². The molecule has 0 aliphatic rings. The van der Waals surface area contributed by atoms with E-state index in [2.05, 4.69) is 5.32 Å². The molecule has 0 aromatic heterocycles. The normalized spacial score (nSPS) is 14.3. The monoisotopic (exact) mass is 160 g/mol. The number of amides is 1. The number of aliphatic hydroxyl groups excluding tert-OH is 1. The van der Waals surface area contributed by atoms with E-state index in [1.165, 1.54) is 0 Å². The molecule has 0 aliphatic heterocycles. The van der Waals surface area contributed by atoms with Crippen molar-refractivity contribution in [3.63, 3.8) is 0 Å². The first-order valence-electron chi connectivity index (χ1n) is 3.55. The molecule has 11 heavy (non-hydrogen) atoms. The fraction of sp³-hybridized carbons (Fsp3) is 0.857. The van der Waals surface area contributed by atoms with Crippen molar-refractivity contribution in [2.24, 2.45) is 5.73 Å². The van der Waals surface area contributed by atoms with Crippen molar-refractivity contribution < 1.29 is 9.90 Å². The van der Waals surface area contributed by atoms with Gasteiger partial charge >= 0.3 is 0 Å². The molecule has 0 saturated heterocycles. The number of hydrogen-bond acceptors (Lipinski definition) is 3. The Labute approximate surface area is 66.8 Å². The zero-order chi connectivity index (χ0) is 9.07. The summed E-state index contributed by atoms with van der Waals surface area (Å²) in [6.45, 7) is 5.25. The smallest absolute Gasteiger partial charge is 0.239 e. The van der Waals surface area contributed by atoms with Gasteiger partial charge in [0, 0.05) is 5.54 Å². The Kier molecular flexibility index (Phi) is 3.48. The number of aliphatic hydroxyl groups is 1. The average molecular weight is 160 g/mol. The standard InChI is InChI=1S/C7H16N2O2/c1-7(2,3)9-6(11)5(8)4-10/h5,10H,4,8H2,1-3H3,(H,9,11)/t5-/m1/s1. The maximum Gasteiger partial charge on any atom is 0.239 e. The van der Waals surface area contributed by atoms with Crippen molar-refractivity contribution in [3.8, 4) is 0 Å². The lowest BCUT2D eigenvalue weighted by Crippen LogP contribution is -2.50. The molecule has 0 fully saturated rings. The summed E-state index contributed by atoms with van der Waals surface area (Å²) in [6, 6.07) is -0.811. The minimum atomic E-state index is -0.811. The summed E-state index contributed by atoms with van der Waals surface area (Å²) in [5.41, 5.74) is 4.97. The lowest BCUT2D eigenvalue weighted by Gasteiger charge is -2.22. The Bertz CT molecular complexity index is 140. The number of nitrogens with one attached hydrogen (secondary N) is 1. The van der Waals surface area contributed by atoms with Crippen LogP contribution >= 0.6 is 0 Å². The first-order valence-corrected chi connectivity index (χ1v) is 3.55. The van der Waals surface area contributed by atoms with E-state index < -0.39 is 6.04 Å². The molecule has 0 aromatic carbocycles. The number of rotatable bonds is 2. The van der Waals surface area contributed by atoms with Gasteiger partial charge in [0.2, 0.25) is 5.91 Å². The SMILES string of the molecule is CC(C)(C)NC(=O)[C@H](N)CO. The Hall–Kier alpha value is -0.610. The van der Waals surface area contributed by atoms with Crippen molar-refractivity contribution in [2.75, 3.05) is 6.61 Å². The summed E-state index contributed by atoms with van der Waals surface area (Å²) >= 11 is 0. The van der Waals surface area contributed by atoms with Gasteiger partial charge in [0.15, 0.2) is 0 Å². The van der Waals surface area contributed by atoms with Gasteiger partial charge in [0.1, 0.15) is 6.04 Å². The van der Waals surface area contributed by atoms with E-state index in [0.29, 0.717) is 0 Å². The van der Waals surface area contributed by atoms with Gasteiger partial charge in [-0.3, -0.25) is 4.79 Å². The zero-order valence-electron chi connectivity index (χ0n) is 7.22. The van der Waals surface area contributed by atoms with E-state index >= 15 is 0 Å². The maximum absolute atomic E-state index is 11.0. The Balaban J connectivity index is 3.88. The van der Waals surface area contributed by atoms with Crippen LogP contribution in [0.4, 0.5) is 0 Å². The highest BCUT2D eigenvalue weighted by molar-refractivity contribution is 5.82. The highest BCUT2D eigenvalue weighted by Gasteiger charge is 2.18. The van der Waals surface area contributed by atoms with E-state index in [0.717, 1.165) is 0 Å². The zero-order valence-corrected chi connectivity index (χ0v) is 7.22. The van der Waals surface area contributed by atoms with Crippen molar-refractivity contribution in [2.45, 2.75) is 32.4 Å². The first-order chi connectivity index (χ1) is 4.87. The van der Waals surface area contributed by atoms with Crippen LogP contribution in [0.1, 0.15) is 20.8 Å². The Morgan fingerprint density at radius 1 is 1.64 bits per heavy atom. The lowest BCUT2D eigenvalue weighted by atomic mass is 10.1. The minimum absolute atomic E-state index is 0.288.